The summed E-state index contributed by atoms with van der Waals surface area (Å²) in [6.07, 6.45) is 7.06. The molecule has 1 radical (unpaired) electrons. The minimum absolute atomic E-state index is 0.233. The maximum absolute atomic E-state index is 10.5. The summed E-state index contributed by atoms with van der Waals surface area (Å²) >= 11 is 0. The van der Waals surface area contributed by atoms with E-state index in [4.69, 9.17) is 10.2 Å². The summed E-state index contributed by atoms with van der Waals surface area (Å²) in [5.74, 6) is -3.70. The number of aliphatic carboxylic acids is 2. The molecule has 0 spiro atoms. The average Bonchev–Trinajstić information content (AvgIpc) is 2.15. The fourth-order valence-electron chi connectivity index (χ4n) is 1.37. The van der Waals surface area contributed by atoms with E-state index in [1.165, 1.54) is 0 Å². The first kappa shape index (κ1) is 13.9. The molecule has 0 aliphatic carbocycles. The highest BCUT2D eigenvalue weighted by Crippen LogP contribution is 2.12. The van der Waals surface area contributed by atoms with Crippen LogP contribution in [0.3, 0.4) is 0 Å². The maximum Gasteiger partial charge on any atom is 0.317 e. The Hall–Kier alpha value is -1.06. The normalized spacial score (nSPS) is 10.5. The smallest absolute Gasteiger partial charge is 0.317 e. The molecule has 0 fully saturated rings. The predicted molar refractivity (Wildman–Crippen MR) is 56.4 cm³/mol. The number of unbranched alkanes of at least 4 members (excludes halogenated alkanes) is 5. The van der Waals surface area contributed by atoms with Crippen molar-refractivity contribution in [1.29, 1.82) is 0 Å². The van der Waals surface area contributed by atoms with Gasteiger partial charge in [-0.15, -0.1) is 0 Å². The van der Waals surface area contributed by atoms with E-state index in [0.29, 0.717) is 6.42 Å². The first-order chi connectivity index (χ1) is 7.09. The summed E-state index contributed by atoms with van der Waals surface area (Å²) in [5, 5.41) is 17.2. The van der Waals surface area contributed by atoms with Crippen LogP contribution in [0.4, 0.5) is 0 Å². The van der Waals surface area contributed by atoms with Crippen LogP contribution in [0.5, 0.6) is 0 Å². The van der Waals surface area contributed by atoms with E-state index in [9.17, 15) is 9.59 Å². The Morgan fingerprint density at radius 1 is 1.13 bits per heavy atom. The molecule has 4 heteroatoms. The largest absolute Gasteiger partial charge is 0.481 e. The van der Waals surface area contributed by atoms with Crippen LogP contribution in [0.15, 0.2) is 0 Å². The van der Waals surface area contributed by atoms with Gasteiger partial charge < -0.3 is 10.2 Å². The van der Waals surface area contributed by atoms with Gasteiger partial charge in [0.25, 0.3) is 0 Å². The van der Waals surface area contributed by atoms with E-state index in [-0.39, 0.29) is 6.42 Å². The number of hydrogen-bond donors (Lipinski definition) is 2. The third-order valence-corrected chi connectivity index (χ3v) is 2.29. The Morgan fingerprint density at radius 3 is 2.20 bits per heavy atom. The van der Waals surface area contributed by atoms with Gasteiger partial charge in [-0.05, 0) is 12.8 Å². The molecule has 0 saturated carbocycles. The molecule has 0 amide bonds. The second-order valence-electron chi connectivity index (χ2n) is 3.56. The van der Waals surface area contributed by atoms with Crippen LogP contribution in [0.1, 0.15) is 45.4 Å². The van der Waals surface area contributed by atoms with Gasteiger partial charge in [0.2, 0.25) is 0 Å². The van der Waals surface area contributed by atoms with E-state index in [0.717, 1.165) is 25.7 Å². The topological polar surface area (TPSA) is 74.6 Å². The number of carbonyl (C=O) groups is 2. The van der Waals surface area contributed by atoms with Gasteiger partial charge in [0, 0.05) is 0 Å². The predicted octanol–water partition coefficient (Wildman–Crippen LogP) is 2.34. The Kier molecular flexibility index (Phi) is 7.68. The van der Waals surface area contributed by atoms with Crippen molar-refractivity contribution in [2.75, 3.05) is 0 Å². The van der Waals surface area contributed by atoms with Crippen molar-refractivity contribution in [3.8, 4) is 0 Å². The van der Waals surface area contributed by atoms with Crippen molar-refractivity contribution >= 4 is 11.9 Å². The zero-order valence-corrected chi connectivity index (χ0v) is 9.11. The third-order valence-electron chi connectivity index (χ3n) is 2.29. The van der Waals surface area contributed by atoms with Crippen LogP contribution < -0.4 is 0 Å². The molecule has 15 heavy (non-hydrogen) atoms. The van der Waals surface area contributed by atoms with Crippen molar-refractivity contribution < 1.29 is 19.8 Å². The van der Waals surface area contributed by atoms with Gasteiger partial charge in [-0.2, -0.15) is 0 Å². The standard InChI is InChI=1S/C11H19O4/c1-2-3-4-5-6-7-8-9(10(12)13)11(14)15/h3,9H,2,4-8H2,1H3,(H,12,13)(H,14,15). The molecular weight excluding hydrogens is 196 g/mol. The highest BCUT2D eigenvalue weighted by Gasteiger charge is 2.24. The van der Waals surface area contributed by atoms with Crippen LogP contribution in [-0.4, -0.2) is 22.2 Å². The van der Waals surface area contributed by atoms with E-state index in [2.05, 4.69) is 13.3 Å². The molecule has 4 nitrogen and oxygen atoms in total. The van der Waals surface area contributed by atoms with E-state index >= 15 is 0 Å². The molecule has 0 aromatic rings. The Labute approximate surface area is 90.3 Å². The Morgan fingerprint density at radius 2 is 1.73 bits per heavy atom. The molecule has 0 rings (SSSR count). The van der Waals surface area contributed by atoms with Gasteiger partial charge in [0.15, 0.2) is 5.92 Å². The highest BCUT2D eigenvalue weighted by atomic mass is 16.4. The molecule has 87 valence electrons. The summed E-state index contributed by atoms with van der Waals surface area (Å²) in [6, 6.07) is 0. The lowest BCUT2D eigenvalue weighted by molar-refractivity contribution is -0.154. The fraction of sp³-hybridized carbons (Fsp3) is 0.727. The van der Waals surface area contributed by atoms with E-state index in [1.54, 1.807) is 0 Å². The van der Waals surface area contributed by atoms with Crippen LogP contribution in [0.2, 0.25) is 0 Å². The molecule has 0 heterocycles. The maximum atomic E-state index is 10.5. The van der Waals surface area contributed by atoms with Crippen LogP contribution in [-0.2, 0) is 9.59 Å². The summed E-state index contributed by atoms with van der Waals surface area (Å²) in [4.78, 5) is 21.0. The lowest BCUT2D eigenvalue weighted by Crippen LogP contribution is -2.23. The summed E-state index contributed by atoms with van der Waals surface area (Å²) in [5.41, 5.74) is 0. The first-order valence-corrected chi connectivity index (χ1v) is 5.36. The van der Waals surface area contributed by atoms with Crippen molar-refractivity contribution in [3.63, 3.8) is 0 Å². The van der Waals surface area contributed by atoms with Gasteiger partial charge in [-0.3, -0.25) is 9.59 Å². The molecule has 0 aliphatic rings. The zero-order chi connectivity index (χ0) is 11.7. The monoisotopic (exact) mass is 215 g/mol. The second-order valence-corrected chi connectivity index (χ2v) is 3.56. The van der Waals surface area contributed by atoms with Crippen molar-refractivity contribution in [1.82, 2.24) is 0 Å². The SMILES string of the molecule is CC[CH]CCCCCC(C(=O)O)C(=O)O. The number of carboxylic acid groups (broad SMARTS) is 2. The summed E-state index contributed by atoms with van der Waals surface area (Å²) in [7, 11) is 0. The van der Waals surface area contributed by atoms with Gasteiger partial charge >= 0.3 is 11.9 Å². The fourth-order valence-corrected chi connectivity index (χ4v) is 1.37. The average molecular weight is 215 g/mol. The van der Waals surface area contributed by atoms with E-state index < -0.39 is 17.9 Å². The molecule has 0 aromatic carbocycles. The Bertz CT molecular complexity index is 187. The van der Waals surface area contributed by atoms with Gasteiger partial charge in [0.05, 0.1) is 0 Å². The van der Waals surface area contributed by atoms with Crippen molar-refractivity contribution in [3.05, 3.63) is 6.42 Å². The van der Waals surface area contributed by atoms with Crippen molar-refractivity contribution in [2.45, 2.75) is 45.4 Å². The lowest BCUT2D eigenvalue weighted by Gasteiger charge is -2.06. The van der Waals surface area contributed by atoms with Crippen LogP contribution >= 0.6 is 0 Å². The molecule has 0 unspecified atom stereocenters. The van der Waals surface area contributed by atoms with Gasteiger partial charge in [0.1, 0.15) is 0 Å². The molecule has 2 N–H and O–H groups in total. The second kappa shape index (κ2) is 8.26. The molecule has 0 atom stereocenters. The van der Waals surface area contributed by atoms with Gasteiger partial charge in [-0.1, -0.05) is 39.0 Å². The quantitative estimate of drug-likeness (QED) is 0.457. The van der Waals surface area contributed by atoms with Crippen molar-refractivity contribution in [2.24, 2.45) is 5.92 Å². The lowest BCUT2D eigenvalue weighted by atomic mass is 10.0. The zero-order valence-electron chi connectivity index (χ0n) is 9.11. The minimum atomic E-state index is -1.24. The summed E-state index contributed by atoms with van der Waals surface area (Å²) < 4.78 is 0. The van der Waals surface area contributed by atoms with Gasteiger partial charge in [-0.25, -0.2) is 0 Å². The number of hydrogen-bond acceptors (Lipinski definition) is 2. The molecule has 0 aromatic heterocycles. The minimum Gasteiger partial charge on any atom is -0.481 e. The summed E-state index contributed by atoms with van der Waals surface area (Å²) in [6.45, 7) is 2.07. The third kappa shape index (κ3) is 6.94. The van der Waals surface area contributed by atoms with E-state index in [1.807, 2.05) is 0 Å². The van der Waals surface area contributed by atoms with Crippen LogP contribution in [0.25, 0.3) is 0 Å². The first-order valence-electron chi connectivity index (χ1n) is 5.36. The molecule has 0 aliphatic heterocycles. The molecular formula is C11H19O4. The highest BCUT2D eigenvalue weighted by molar-refractivity contribution is 5.92. The number of rotatable bonds is 9. The molecule has 0 bridgehead atoms. The number of carboxylic acids is 2. The molecule has 0 saturated heterocycles. The van der Waals surface area contributed by atoms with Crippen LogP contribution in [0, 0.1) is 12.3 Å². The Balaban J connectivity index is 3.55.